The Labute approximate surface area is 117 Å². The molecule has 0 spiro atoms. The number of nitrogens with zero attached hydrogens (tertiary/aromatic N) is 1. The Balaban J connectivity index is 2.24. The van der Waals surface area contributed by atoms with Crippen LogP contribution in [-0.4, -0.2) is 25.0 Å². The molecule has 1 saturated heterocycles. The number of carbonyl (C=O) groups excluding carboxylic acids is 1. The van der Waals surface area contributed by atoms with Gasteiger partial charge in [0, 0.05) is 11.0 Å². The number of carbonyl (C=O) groups is 1. The van der Waals surface area contributed by atoms with Gasteiger partial charge in [-0.2, -0.15) is 0 Å². The second kappa shape index (κ2) is 5.85. The lowest BCUT2D eigenvalue weighted by atomic mass is 10.0. The fourth-order valence-electron chi connectivity index (χ4n) is 2.38. The lowest BCUT2D eigenvalue weighted by Crippen LogP contribution is -2.50. The zero-order valence-corrected chi connectivity index (χ0v) is 12.5. The summed E-state index contributed by atoms with van der Waals surface area (Å²) < 4.78 is 0.994. The highest BCUT2D eigenvalue weighted by Crippen LogP contribution is 2.30. The number of halogens is 1. The summed E-state index contributed by atoms with van der Waals surface area (Å²) in [5, 5.41) is 3.26. The first kappa shape index (κ1) is 13.6. The van der Waals surface area contributed by atoms with Crippen LogP contribution in [0, 0.1) is 6.92 Å². The molecule has 2 rings (SSSR count). The summed E-state index contributed by atoms with van der Waals surface area (Å²) in [5.41, 5.74) is 2.17. The van der Waals surface area contributed by atoms with Crippen LogP contribution in [0.15, 0.2) is 22.7 Å². The quantitative estimate of drug-likeness (QED) is 0.931. The number of hydrogen-bond donors (Lipinski definition) is 1. The Morgan fingerprint density at radius 2 is 2.28 bits per heavy atom. The van der Waals surface area contributed by atoms with Crippen molar-refractivity contribution in [1.29, 1.82) is 0 Å². The largest absolute Gasteiger partial charge is 0.310 e. The summed E-state index contributed by atoms with van der Waals surface area (Å²) >= 11 is 3.55. The molecule has 0 saturated carbocycles. The zero-order valence-electron chi connectivity index (χ0n) is 10.9. The molecule has 1 aliphatic rings. The smallest absolute Gasteiger partial charge is 0.244 e. The van der Waals surface area contributed by atoms with Crippen LogP contribution in [-0.2, 0) is 4.79 Å². The summed E-state index contributed by atoms with van der Waals surface area (Å²) in [5.74, 6) is 0.188. The number of aryl methyl sites for hydroxylation is 1. The molecule has 98 valence electrons. The molecule has 18 heavy (non-hydrogen) atoms. The molecule has 3 nitrogen and oxygen atoms in total. The van der Waals surface area contributed by atoms with Gasteiger partial charge in [-0.3, -0.25) is 4.79 Å². The summed E-state index contributed by atoms with van der Waals surface area (Å²) in [4.78, 5) is 14.3. The summed E-state index contributed by atoms with van der Waals surface area (Å²) in [7, 11) is 0. The Morgan fingerprint density at radius 3 is 2.94 bits per heavy atom. The number of likely N-dealkylation sites (N-methyl/N-ethyl adjacent to an activating group) is 1. The lowest BCUT2D eigenvalue weighted by molar-refractivity contribution is -0.121. The van der Waals surface area contributed by atoms with Crippen molar-refractivity contribution in [3.63, 3.8) is 0 Å². The standard InChI is InChI=1S/C14H19BrN2O/c1-3-16-12-5-4-8-17(14(12)18)13-7-6-10(2)9-11(13)15/h6-7,9,12,16H,3-5,8H2,1-2H3. The van der Waals surface area contributed by atoms with Gasteiger partial charge in [-0.1, -0.05) is 13.0 Å². The first-order valence-corrected chi connectivity index (χ1v) is 7.23. The number of benzene rings is 1. The van der Waals surface area contributed by atoms with Crippen LogP contribution in [0.2, 0.25) is 0 Å². The molecule has 1 aliphatic heterocycles. The van der Waals surface area contributed by atoms with Gasteiger partial charge in [0.15, 0.2) is 0 Å². The van der Waals surface area contributed by atoms with E-state index in [4.69, 9.17) is 0 Å². The molecule has 1 fully saturated rings. The Morgan fingerprint density at radius 1 is 1.50 bits per heavy atom. The van der Waals surface area contributed by atoms with Gasteiger partial charge in [-0.05, 0) is 59.9 Å². The monoisotopic (exact) mass is 310 g/mol. The number of nitrogens with one attached hydrogen (secondary N) is 1. The van der Waals surface area contributed by atoms with Gasteiger partial charge in [-0.25, -0.2) is 0 Å². The molecule has 1 atom stereocenters. The maximum Gasteiger partial charge on any atom is 0.244 e. The summed E-state index contributed by atoms with van der Waals surface area (Å²) in [6.45, 7) is 5.73. The van der Waals surface area contributed by atoms with E-state index in [1.54, 1.807) is 0 Å². The molecule has 0 radical (unpaired) electrons. The van der Waals surface area contributed by atoms with Crippen molar-refractivity contribution in [2.75, 3.05) is 18.0 Å². The molecule has 0 aromatic heterocycles. The van der Waals surface area contributed by atoms with Crippen molar-refractivity contribution in [1.82, 2.24) is 5.32 Å². The van der Waals surface area contributed by atoms with E-state index < -0.39 is 0 Å². The van der Waals surface area contributed by atoms with Crippen molar-refractivity contribution in [2.24, 2.45) is 0 Å². The molecule has 1 aromatic carbocycles. The molecule has 1 N–H and O–H groups in total. The number of rotatable bonds is 3. The summed E-state index contributed by atoms with van der Waals surface area (Å²) in [6.07, 6.45) is 1.98. The first-order valence-electron chi connectivity index (χ1n) is 6.44. The Kier molecular flexibility index (Phi) is 4.40. The van der Waals surface area contributed by atoms with Crippen LogP contribution in [0.3, 0.4) is 0 Å². The van der Waals surface area contributed by atoms with E-state index >= 15 is 0 Å². The van der Waals surface area contributed by atoms with Gasteiger partial charge in [0.1, 0.15) is 0 Å². The number of amides is 1. The molecular formula is C14H19BrN2O. The average molecular weight is 311 g/mol. The second-order valence-corrected chi connectivity index (χ2v) is 5.55. The zero-order chi connectivity index (χ0) is 13.1. The third-order valence-electron chi connectivity index (χ3n) is 3.28. The highest BCUT2D eigenvalue weighted by Gasteiger charge is 2.29. The molecule has 1 aromatic rings. The van der Waals surface area contributed by atoms with Crippen LogP contribution in [0.25, 0.3) is 0 Å². The van der Waals surface area contributed by atoms with E-state index in [0.717, 1.165) is 36.1 Å². The highest BCUT2D eigenvalue weighted by molar-refractivity contribution is 9.10. The molecule has 1 heterocycles. The Bertz CT molecular complexity index is 445. The van der Waals surface area contributed by atoms with Gasteiger partial charge >= 0.3 is 0 Å². The molecule has 1 unspecified atom stereocenters. The number of anilines is 1. The van der Waals surface area contributed by atoms with E-state index in [9.17, 15) is 4.79 Å². The molecule has 0 bridgehead atoms. The van der Waals surface area contributed by atoms with Crippen LogP contribution in [0.5, 0.6) is 0 Å². The van der Waals surface area contributed by atoms with Crippen molar-refractivity contribution in [3.05, 3.63) is 28.2 Å². The van der Waals surface area contributed by atoms with Crippen molar-refractivity contribution in [3.8, 4) is 0 Å². The van der Waals surface area contributed by atoms with Crippen molar-refractivity contribution >= 4 is 27.5 Å². The minimum absolute atomic E-state index is 0.0306. The predicted molar refractivity (Wildman–Crippen MR) is 77.9 cm³/mol. The van der Waals surface area contributed by atoms with Gasteiger partial charge in [0.2, 0.25) is 5.91 Å². The Hall–Kier alpha value is -0.870. The van der Waals surface area contributed by atoms with Crippen LogP contribution in [0.1, 0.15) is 25.3 Å². The number of hydrogen-bond acceptors (Lipinski definition) is 2. The molecule has 4 heteroatoms. The SMILES string of the molecule is CCNC1CCCN(c2ccc(C)cc2Br)C1=O. The van der Waals surface area contributed by atoms with Crippen LogP contribution < -0.4 is 10.2 Å². The van der Waals surface area contributed by atoms with E-state index in [0.29, 0.717) is 0 Å². The van der Waals surface area contributed by atoms with E-state index in [-0.39, 0.29) is 11.9 Å². The molecule has 1 amide bonds. The van der Waals surface area contributed by atoms with Crippen LogP contribution >= 0.6 is 15.9 Å². The normalized spacial score (nSPS) is 20.3. The second-order valence-electron chi connectivity index (χ2n) is 4.70. The van der Waals surface area contributed by atoms with Gasteiger partial charge in [0.05, 0.1) is 11.7 Å². The third kappa shape index (κ3) is 2.75. The topological polar surface area (TPSA) is 32.3 Å². The molecular weight excluding hydrogens is 292 g/mol. The maximum absolute atomic E-state index is 12.4. The highest BCUT2D eigenvalue weighted by atomic mass is 79.9. The average Bonchev–Trinajstić information content (AvgIpc) is 2.33. The minimum atomic E-state index is -0.0306. The first-order chi connectivity index (χ1) is 8.63. The van der Waals surface area contributed by atoms with E-state index in [2.05, 4.69) is 27.3 Å². The van der Waals surface area contributed by atoms with Crippen LogP contribution in [0.4, 0.5) is 5.69 Å². The van der Waals surface area contributed by atoms with Gasteiger partial charge in [0.25, 0.3) is 0 Å². The third-order valence-corrected chi connectivity index (χ3v) is 3.92. The molecule has 0 aliphatic carbocycles. The van der Waals surface area contributed by atoms with Crippen molar-refractivity contribution in [2.45, 2.75) is 32.7 Å². The fraction of sp³-hybridized carbons (Fsp3) is 0.500. The minimum Gasteiger partial charge on any atom is -0.310 e. The van der Waals surface area contributed by atoms with Gasteiger partial charge < -0.3 is 10.2 Å². The summed E-state index contributed by atoms with van der Waals surface area (Å²) in [6, 6.07) is 6.09. The van der Waals surface area contributed by atoms with Crippen molar-refractivity contribution < 1.29 is 4.79 Å². The maximum atomic E-state index is 12.4. The lowest BCUT2D eigenvalue weighted by Gasteiger charge is -2.33. The van der Waals surface area contributed by atoms with Gasteiger partial charge in [-0.15, -0.1) is 0 Å². The fourth-order valence-corrected chi connectivity index (χ4v) is 3.09. The van der Waals surface area contributed by atoms with E-state index in [1.165, 1.54) is 5.56 Å². The predicted octanol–water partition coefficient (Wildman–Crippen LogP) is 2.86. The number of piperidine rings is 1. The van der Waals surface area contributed by atoms with E-state index in [1.807, 2.05) is 30.9 Å².